The Labute approximate surface area is 106 Å². The quantitative estimate of drug-likeness (QED) is 0.810. The van der Waals surface area contributed by atoms with Gasteiger partial charge in [-0.25, -0.2) is 4.98 Å². The van der Waals surface area contributed by atoms with Crippen LogP contribution in [0, 0.1) is 0 Å². The van der Waals surface area contributed by atoms with Gasteiger partial charge in [-0.05, 0) is 12.8 Å². The molecule has 0 aromatic carbocycles. The smallest absolute Gasteiger partial charge is 0.270 e. The maximum atomic E-state index is 12.1. The standard InChI is InChI=1S/C12H18N4O2/c1-16-8-14-7-9(16)10(17)15-12(11(13)18)5-3-2-4-6-12/h7-8H,2-6H2,1H3,(H2,13,18)(H,15,17). The van der Waals surface area contributed by atoms with Gasteiger partial charge in [0.2, 0.25) is 5.91 Å². The molecular weight excluding hydrogens is 232 g/mol. The van der Waals surface area contributed by atoms with E-state index < -0.39 is 11.4 Å². The summed E-state index contributed by atoms with van der Waals surface area (Å²) in [6.07, 6.45) is 7.16. The molecule has 0 unspecified atom stereocenters. The van der Waals surface area contributed by atoms with Crippen molar-refractivity contribution in [3.05, 3.63) is 18.2 Å². The summed E-state index contributed by atoms with van der Waals surface area (Å²) in [7, 11) is 1.74. The van der Waals surface area contributed by atoms with Gasteiger partial charge in [0, 0.05) is 7.05 Å². The molecule has 6 nitrogen and oxygen atoms in total. The van der Waals surface area contributed by atoms with Crippen molar-refractivity contribution < 1.29 is 9.59 Å². The lowest BCUT2D eigenvalue weighted by molar-refractivity contribution is -0.125. The average molecular weight is 250 g/mol. The number of hydrogen-bond acceptors (Lipinski definition) is 3. The number of carbonyl (C=O) groups is 2. The molecule has 18 heavy (non-hydrogen) atoms. The van der Waals surface area contributed by atoms with E-state index in [0.717, 1.165) is 19.3 Å². The van der Waals surface area contributed by atoms with Crippen molar-refractivity contribution in [3.63, 3.8) is 0 Å². The Morgan fingerprint density at radius 1 is 1.39 bits per heavy atom. The molecule has 98 valence electrons. The first kappa shape index (κ1) is 12.6. The zero-order valence-corrected chi connectivity index (χ0v) is 10.5. The maximum absolute atomic E-state index is 12.1. The Bertz CT molecular complexity index is 460. The van der Waals surface area contributed by atoms with Gasteiger partial charge in [-0.15, -0.1) is 0 Å². The minimum atomic E-state index is -0.889. The second kappa shape index (κ2) is 4.80. The average Bonchev–Trinajstić information content (AvgIpc) is 2.76. The van der Waals surface area contributed by atoms with E-state index in [-0.39, 0.29) is 5.91 Å². The fourth-order valence-corrected chi connectivity index (χ4v) is 2.45. The first-order valence-corrected chi connectivity index (χ1v) is 6.14. The number of nitrogens with one attached hydrogen (secondary N) is 1. The predicted molar refractivity (Wildman–Crippen MR) is 65.7 cm³/mol. The van der Waals surface area contributed by atoms with Crippen LogP contribution in [0.4, 0.5) is 0 Å². The van der Waals surface area contributed by atoms with Crippen LogP contribution >= 0.6 is 0 Å². The van der Waals surface area contributed by atoms with Gasteiger partial charge in [0.15, 0.2) is 0 Å². The molecule has 1 aromatic rings. The molecule has 1 aliphatic carbocycles. The van der Waals surface area contributed by atoms with Crippen LogP contribution in [-0.2, 0) is 11.8 Å². The molecule has 0 bridgehead atoms. The largest absolute Gasteiger partial charge is 0.368 e. The summed E-state index contributed by atoms with van der Waals surface area (Å²) in [5.74, 6) is -0.742. The highest BCUT2D eigenvalue weighted by molar-refractivity contribution is 5.97. The molecule has 2 rings (SSSR count). The van der Waals surface area contributed by atoms with Gasteiger partial charge in [0.1, 0.15) is 11.2 Å². The van der Waals surface area contributed by atoms with Crippen LogP contribution in [0.25, 0.3) is 0 Å². The maximum Gasteiger partial charge on any atom is 0.270 e. The van der Waals surface area contributed by atoms with Gasteiger partial charge in [-0.1, -0.05) is 19.3 Å². The Kier molecular flexibility index (Phi) is 3.36. The van der Waals surface area contributed by atoms with E-state index in [0.29, 0.717) is 18.5 Å². The lowest BCUT2D eigenvalue weighted by Gasteiger charge is -2.34. The molecule has 0 radical (unpaired) electrons. The van der Waals surface area contributed by atoms with Gasteiger partial charge in [-0.3, -0.25) is 9.59 Å². The van der Waals surface area contributed by atoms with Crippen LogP contribution in [0.15, 0.2) is 12.5 Å². The van der Waals surface area contributed by atoms with Crippen LogP contribution in [0.3, 0.4) is 0 Å². The second-order valence-corrected chi connectivity index (χ2v) is 4.85. The molecule has 1 heterocycles. The summed E-state index contributed by atoms with van der Waals surface area (Å²) < 4.78 is 1.62. The van der Waals surface area contributed by atoms with Crippen molar-refractivity contribution in [1.29, 1.82) is 0 Å². The molecule has 0 aliphatic heterocycles. The normalized spacial score (nSPS) is 18.3. The number of nitrogens with zero attached hydrogens (tertiary/aromatic N) is 2. The zero-order chi connectivity index (χ0) is 13.2. The number of aryl methyl sites for hydroxylation is 1. The minimum Gasteiger partial charge on any atom is -0.368 e. The molecule has 1 saturated carbocycles. The Morgan fingerprint density at radius 2 is 2.06 bits per heavy atom. The third kappa shape index (κ3) is 2.23. The third-order valence-electron chi connectivity index (χ3n) is 3.58. The molecule has 0 spiro atoms. The summed E-state index contributed by atoms with van der Waals surface area (Å²) >= 11 is 0. The van der Waals surface area contributed by atoms with Gasteiger partial charge in [0.05, 0.1) is 12.5 Å². The SMILES string of the molecule is Cn1cncc1C(=O)NC1(C(N)=O)CCCCC1. The van der Waals surface area contributed by atoms with E-state index in [9.17, 15) is 9.59 Å². The first-order valence-electron chi connectivity index (χ1n) is 6.14. The molecular formula is C12H18N4O2. The van der Waals surface area contributed by atoms with Crippen molar-refractivity contribution in [2.45, 2.75) is 37.6 Å². The predicted octanol–water partition coefficient (Wildman–Crippen LogP) is 0.338. The fourth-order valence-electron chi connectivity index (χ4n) is 2.45. The number of hydrogen-bond donors (Lipinski definition) is 2. The highest BCUT2D eigenvalue weighted by atomic mass is 16.2. The lowest BCUT2D eigenvalue weighted by atomic mass is 9.81. The van der Waals surface area contributed by atoms with Crippen LogP contribution < -0.4 is 11.1 Å². The number of nitrogens with two attached hydrogens (primary N) is 1. The van der Waals surface area contributed by atoms with Gasteiger partial charge < -0.3 is 15.6 Å². The number of primary amides is 1. The van der Waals surface area contributed by atoms with E-state index >= 15 is 0 Å². The number of rotatable bonds is 3. The summed E-state index contributed by atoms with van der Waals surface area (Å²) in [6, 6.07) is 0. The van der Waals surface area contributed by atoms with Crippen molar-refractivity contribution >= 4 is 11.8 Å². The van der Waals surface area contributed by atoms with E-state index in [1.807, 2.05) is 0 Å². The van der Waals surface area contributed by atoms with E-state index in [1.54, 1.807) is 17.9 Å². The van der Waals surface area contributed by atoms with Crippen molar-refractivity contribution in [1.82, 2.24) is 14.9 Å². The van der Waals surface area contributed by atoms with Crippen LogP contribution in [0.2, 0.25) is 0 Å². The van der Waals surface area contributed by atoms with E-state index in [1.165, 1.54) is 6.20 Å². The van der Waals surface area contributed by atoms with Crippen molar-refractivity contribution in [2.24, 2.45) is 12.8 Å². The molecule has 1 aliphatic rings. The lowest BCUT2D eigenvalue weighted by Crippen LogP contribution is -2.58. The fraction of sp³-hybridized carbons (Fsp3) is 0.583. The summed E-state index contributed by atoms with van der Waals surface area (Å²) in [5, 5.41) is 2.80. The summed E-state index contributed by atoms with van der Waals surface area (Å²) in [6.45, 7) is 0. The van der Waals surface area contributed by atoms with Crippen LogP contribution in [0.1, 0.15) is 42.6 Å². The van der Waals surface area contributed by atoms with Crippen molar-refractivity contribution in [3.8, 4) is 0 Å². The Morgan fingerprint density at radius 3 is 2.56 bits per heavy atom. The van der Waals surface area contributed by atoms with E-state index in [4.69, 9.17) is 5.73 Å². The molecule has 3 N–H and O–H groups in total. The van der Waals surface area contributed by atoms with Crippen molar-refractivity contribution in [2.75, 3.05) is 0 Å². The monoisotopic (exact) mass is 250 g/mol. The summed E-state index contributed by atoms with van der Waals surface area (Å²) in [5.41, 5.74) is 5.01. The number of amides is 2. The van der Waals surface area contributed by atoms with E-state index in [2.05, 4.69) is 10.3 Å². The molecule has 1 aromatic heterocycles. The first-order chi connectivity index (χ1) is 8.55. The number of carbonyl (C=O) groups excluding carboxylic acids is 2. The molecule has 1 fully saturated rings. The Hall–Kier alpha value is -1.85. The molecule has 0 atom stereocenters. The minimum absolute atomic E-state index is 0.296. The highest BCUT2D eigenvalue weighted by Crippen LogP contribution is 2.28. The van der Waals surface area contributed by atoms with Gasteiger partial charge in [-0.2, -0.15) is 0 Å². The van der Waals surface area contributed by atoms with Crippen LogP contribution in [-0.4, -0.2) is 26.9 Å². The summed E-state index contributed by atoms with van der Waals surface area (Å²) in [4.78, 5) is 27.7. The van der Waals surface area contributed by atoms with Crippen LogP contribution in [0.5, 0.6) is 0 Å². The topological polar surface area (TPSA) is 90.0 Å². The second-order valence-electron chi connectivity index (χ2n) is 4.85. The number of imidazole rings is 1. The zero-order valence-electron chi connectivity index (χ0n) is 10.5. The molecule has 0 saturated heterocycles. The molecule has 6 heteroatoms. The van der Waals surface area contributed by atoms with Gasteiger partial charge in [0.25, 0.3) is 5.91 Å². The highest BCUT2D eigenvalue weighted by Gasteiger charge is 2.39. The molecule has 2 amide bonds. The van der Waals surface area contributed by atoms with Gasteiger partial charge >= 0.3 is 0 Å². The number of aromatic nitrogens is 2. The Balaban J connectivity index is 2.17. The third-order valence-corrected chi connectivity index (χ3v) is 3.58.